The number of hydrogen-bond donors (Lipinski definition) is 2. The Hall–Kier alpha value is -0.610. The van der Waals surface area contributed by atoms with Crippen molar-refractivity contribution in [2.75, 3.05) is 19.7 Å². The molecule has 1 heterocycles. The topological polar surface area (TPSA) is 52.6 Å². The average molecular weight is 254 g/mol. The molecule has 1 aliphatic carbocycles. The highest BCUT2D eigenvalue weighted by molar-refractivity contribution is 5.78. The number of likely N-dealkylation sites (tertiary alicyclic amines) is 1. The number of hydrogen-bond acceptors (Lipinski definition) is 3. The van der Waals surface area contributed by atoms with Gasteiger partial charge in [0.15, 0.2) is 0 Å². The van der Waals surface area contributed by atoms with Gasteiger partial charge < -0.3 is 10.4 Å². The van der Waals surface area contributed by atoms with Crippen molar-refractivity contribution in [2.24, 2.45) is 5.92 Å². The number of carbonyl (C=O) groups excluding carboxylic acids is 1. The zero-order valence-corrected chi connectivity index (χ0v) is 11.4. The van der Waals surface area contributed by atoms with Crippen LogP contribution in [0.5, 0.6) is 0 Å². The molecule has 3 atom stereocenters. The molecule has 0 aromatic rings. The average Bonchev–Trinajstić information content (AvgIpc) is 2.79. The van der Waals surface area contributed by atoms with Gasteiger partial charge in [0.1, 0.15) is 0 Å². The number of carbonyl (C=O) groups is 1. The van der Waals surface area contributed by atoms with Gasteiger partial charge in [-0.1, -0.05) is 19.8 Å². The summed E-state index contributed by atoms with van der Waals surface area (Å²) in [6.45, 7) is 3.80. The van der Waals surface area contributed by atoms with Gasteiger partial charge in [-0.2, -0.15) is 0 Å². The van der Waals surface area contributed by atoms with Gasteiger partial charge in [-0.3, -0.25) is 9.69 Å². The molecule has 2 fully saturated rings. The van der Waals surface area contributed by atoms with Crippen LogP contribution in [0.4, 0.5) is 0 Å². The highest BCUT2D eigenvalue weighted by Crippen LogP contribution is 2.23. The normalized spacial score (nSPS) is 33.6. The lowest BCUT2D eigenvalue weighted by Crippen LogP contribution is -2.47. The first-order valence-electron chi connectivity index (χ1n) is 7.35. The quantitative estimate of drug-likeness (QED) is 0.791. The first-order valence-corrected chi connectivity index (χ1v) is 7.35. The van der Waals surface area contributed by atoms with E-state index in [1.807, 2.05) is 0 Å². The van der Waals surface area contributed by atoms with Crippen LogP contribution in [-0.4, -0.2) is 47.7 Å². The van der Waals surface area contributed by atoms with Gasteiger partial charge in [0.25, 0.3) is 0 Å². The molecule has 2 rings (SSSR count). The maximum atomic E-state index is 12.0. The van der Waals surface area contributed by atoms with E-state index in [0.29, 0.717) is 18.5 Å². The molecule has 1 aliphatic heterocycles. The maximum absolute atomic E-state index is 12.0. The summed E-state index contributed by atoms with van der Waals surface area (Å²) < 4.78 is 0. The number of amides is 1. The molecule has 0 radical (unpaired) electrons. The number of nitrogens with zero attached hydrogens (tertiary/aromatic N) is 1. The van der Waals surface area contributed by atoms with Crippen LogP contribution in [0, 0.1) is 5.92 Å². The Labute approximate surface area is 110 Å². The monoisotopic (exact) mass is 254 g/mol. The van der Waals surface area contributed by atoms with Crippen molar-refractivity contribution in [1.82, 2.24) is 10.2 Å². The fourth-order valence-corrected chi connectivity index (χ4v) is 3.28. The lowest BCUT2D eigenvalue weighted by Gasteiger charge is -2.30. The Morgan fingerprint density at radius 1 is 1.28 bits per heavy atom. The predicted octanol–water partition coefficient (Wildman–Crippen LogP) is 1.14. The highest BCUT2D eigenvalue weighted by Gasteiger charge is 2.27. The van der Waals surface area contributed by atoms with Crippen molar-refractivity contribution in [1.29, 1.82) is 0 Å². The van der Waals surface area contributed by atoms with Crippen LogP contribution in [0.1, 0.15) is 45.4 Å². The van der Waals surface area contributed by atoms with E-state index in [-0.39, 0.29) is 18.6 Å². The van der Waals surface area contributed by atoms with Gasteiger partial charge in [0.2, 0.25) is 5.91 Å². The van der Waals surface area contributed by atoms with Crippen LogP contribution in [0.25, 0.3) is 0 Å². The van der Waals surface area contributed by atoms with Crippen LogP contribution in [-0.2, 0) is 4.79 Å². The number of rotatable bonds is 4. The molecule has 18 heavy (non-hydrogen) atoms. The van der Waals surface area contributed by atoms with Gasteiger partial charge in [0, 0.05) is 12.1 Å². The highest BCUT2D eigenvalue weighted by atomic mass is 16.3. The maximum Gasteiger partial charge on any atom is 0.234 e. The second-order valence-electron chi connectivity index (χ2n) is 5.88. The molecule has 4 nitrogen and oxygen atoms in total. The molecule has 1 saturated heterocycles. The molecule has 0 bridgehead atoms. The smallest absolute Gasteiger partial charge is 0.234 e. The molecule has 4 heteroatoms. The SMILES string of the molecule is CC1CCCCC1NC(=O)CN1CCC[C@H]1CO. The Morgan fingerprint density at radius 3 is 2.78 bits per heavy atom. The Balaban J connectivity index is 1.77. The number of aliphatic hydroxyl groups is 1. The van der Waals surface area contributed by atoms with Crippen molar-refractivity contribution in [3.8, 4) is 0 Å². The van der Waals surface area contributed by atoms with E-state index in [2.05, 4.69) is 17.1 Å². The van der Waals surface area contributed by atoms with Gasteiger partial charge in [-0.15, -0.1) is 0 Å². The first-order chi connectivity index (χ1) is 8.70. The summed E-state index contributed by atoms with van der Waals surface area (Å²) in [4.78, 5) is 14.2. The second kappa shape index (κ2) is 6.53. The standard InChI is InChI=1S/C14H26N2O2/c1-11-5-2-3-7-13(11)15-14(18)9-16-8-4-6-12(16)10-17/h11-13,17H,2-10H2,1H3,(H,15,18)/t11?,12-,13?/m0/s1. The largest absolute Gasteiger partial charge is 0.395 e. The minimum Gasteiger partial charge on any atom is -0.395 e. The van der Waals surface area contributed by atoms with Gasteiger partial charge in [-0.25, -0.2) is 0 Å². The van der Waals surface area contributed by atoms with E-state index in [1.54, 1.807) is 0 Å². The minimum absolute atomic E-state index is 0.133. The van der Waals surface area contributed by atoms with Crippen molar-refractivity contribution in [2.45, 2.75) is 57.5 Å². The Morgan fingerprint density at radius 2 is 2.06 bits per heavy atom. The lowest BCUT2D eigenvalue weighted by atomic mass is 9.86. The van der Waals surface area contributed by atoms with E-state index in [0.717, 1.165) is 25.8 Å². The number of aliphatic hydroxyl groups excluding tert-OH is 1. The minimum atomic E-state index is 0.133. The predicted molar refractivity (Wildman–Crippen MR) is 71.2 cm³/mol. The van der Waals surface area contributed by atoms with Gasteiger partial charge >= 0.3 is 0 Å². The third-order valence-electron chi connectivity index (χ3n) is 4.51. The fraction of sp³-hybridized carbons (Fsp3) is 0.929. The Kier molecular flexibility index (Phi) is 5.01. The zero-order valence-electron chi connectivity index (χ0n) is 11.4. The Bertz CT molecular complexity index is 277. The molecule has 0 aromatic heterocycles. The van der Waals surface area contributed by atoms with E-state index in [9.17, 15) is 9.90 Å². The summed E-state index contributed by atoms with van der Waals surface area (Å²) in [5, 5.41) is 12.4. The van der Waals surface area contributed by atoms with Crippen LogP contribution in [0.15, 0.2) is 0 Å². The first kappa shape index (κ1) is 13.8. The van der Waals surface area contributed by atoms with Crippen LogP contribution < -0.4 is 5.32 Å². The molecule has 1 saturated carbocycles. The fourth-order valence-electron chi connectivity index (χ4n) is 3.28. The zero-order chi connectivity index (χ0) is 13.0. The van der Waals surface area contributed by atoms with Gasteiger partial charge in [-0.05, 0) is 38.1 Å². The van der Waals surface area contributed by atoms with E-state index >= 15 is 0 Å². The molecule has 2 aliphatic rings. The van der Waals surface area contributed by atoms with E-state index < -0.39 is 0 Å². The summed E-state index contributed by atoms with van der Waals surface area (Å²) in [6.07, 6.45) is 7.00. The molecule has 1 amide bonds. The third-order valence-corrected chi connectivity index (χ3v) is 4.51. The molecular weight excluding hydrogens is 228 g/mol. The van der Waals surface area contributed by atoms with Crippen molar-refractivity contribution < 1.29 is 9.90 Å². The molecule has 104 valence electrons. The van der Waals surface area contributed by atoms with Gasteiger partial charge in [0.05, 0.1) is 13.2 Å². The molecule has 0 aromatic carbocycles. The third kappa shape index (κ3) is 3.45. The molecule has 2 unspecified atom stereocenters. The van der Waals surface area contributed by atoms with Crippen LogP contribution >= 0.6 is 0 Å². The van der Waals surface area contributed by atoms with Crippen molar-refractivity contribution in [3.63, 3.8) is 0 Å². The summed E-state index contributed by atoms with van der Waals surface area (Å²) in [7, 11) is 0. The summed E-state index contributed by atoms with van der Waals surface area (Å²) in [6, 6.07) is 0.556. The molecule has 0 spiro atoms. The van der Waals surface area contributed by atoms with Crippen LogP contribution in [0.2, 0.25) is 0 Å². The van der Waals surface area contributed by atoms with Crippen molar-refractivity contribution >= 4 is 5.91 Å². The lowest BCUT2D eigenvalue weighted by molar-refractivity contribution is -0.123. The summed E-state index contributed by atoms with van der Waals surface area (Å²) >= 11 is 0. The molecule has 2 N–H and O–H groups in total. The summed E-state index contributed by atoms with van der Waals surface area (Å²) in [5.41, 5.74) is 0. The second-order valence-corrected chi connectivity index (χ2v) is 5.88. The van der Waals surface area contributed by atoms with Crippen molar-refractivity contribution in [3.05, 3.63) is 0 Å². The molecular formula is C14H26N2O2. The van der Waals surface area contributed by atoms with Crippen LogP contribution in [0.3, 0.4) is 0 Å². The number of nitrogens with one attached hydrogen (secondary N) is 1. The summed E-state index contributed by atoms with van der Waals surface area (Å²) in [5.74, 6) is 0.740. The van der Waals surface area contributed by atoms with E-state index in [1.165, 1.54) is 19.3 Å². The van der Waals surface area contributed by atoms with E-state index in [4.69, 9.17) is 0 Å².